The van der Waals surface area contributed by atoms with Gasteiger partial charge in [-0.15, -0.1) is 11.3 Å². The smallest absolute Gasteiger partial charge is 0.273 e. The van der Waals surface area contributed by atoms with Gasteiger partial charge in [0.15, 0.2) is 0 Å². The zero-order valence-electron chi connectivity index (χ0n) is 8.32. The molecule has 1 aliphatic rings. The van der Waals surface area contributed by atoms with Gasteiger partial charge in [0.25, 0.3) is 5.91 Å². The lowest BCUT2D eigenvalue weighted by Crippen LogP contribution is -2.35. The maximum absolute atomic E-state index is 11.9. The molecule has 0 aliphatic carbocycles. The van der Waals surface area contributed by atoms with Gasteiger partial charge in [-0.2, -0.15) is 0 Å². The molecule has 4 heteroatoms. The first-order chi connectivity index (χ1) is 6.77. The van der Waals surface area contributed by atoms with E-state index in [9.17, 15) is 4.79 Å². The second-order valence-corrected chi connectivity index (χ2v) is 4.67. The number of hydrogen-bond donors (Lipinski definition) is 0. The first-order valence-electron chi connectivity index (χ1n) is 4.99. The second kappa shape index (κ2) is 4.09. The Bertz CT molecular complexity index is 329. The third-order valence-corrected chi connectivity index (χ3v) is 3.25. The standard InChI is InChI=1S/C10H14N2OS/c1-8-11-9(7-14-8)10(13)12-5-3-2-4-6-12/h7H,2-6H2,1H3. The molecular formula is C10H14N2OS. The highest BCUT2D eigenvalue weighted by atomic mass is 32.1. The molecule has 0 atom stereocenters. The van der Waals surface area contributed by atoms with Crippen LogP contribution in [0.2, 0.25) is 0 Å². The molecule has 76 valence electrons. The van der Waals surface area contributed by atoms with Crippen molar-refractivity contribution in [1.29, 1.82) is 0 Å². The molecule has 0 aromatic carbocycles. The van der Waals surface area contributed by atoms with E-state index in [0.717, 1.165) is 30.9 Å². The molecule has 0 bridgehead atoms. The van der Waals surface area contributed by atoms with Crippen molar-refractivity contribution in [1.82, 2.24) is 9.88 Å². The van der Waals surface area contributed by atoms with Gasteiger partial charge in [-0.3, -0.25) is 4.79 Å². The highest BCUT2D eigenvalue weighted by Crippen LogP contribution is 2.14. The minimum Gasteiger partial charge on any atom is -0.337 e. The summed E-state index contributed by atoms with van der Waals surface area (Å²) in [5, 5.41) is 2.82. The van der Waals surface area contributed by atoms with E-state index in [4.69, 9.17) is 0 Å². The van der Waals surface area contributed by atoms with Crippen LogP contribution in [-0.2, 0) is 0 Å². The Balaban J connectivity index is 2.07. The Morgan fingerprint density at radius 3 is 2.71 bits per heavy atom. The highest BCUT2D eigenvalue weighted by molar-refractivity contribution is 7.09. The van der Waals surface area contributed by atoms with Gasteiger partial charge in [-0.1, -0.05) is 0 Å². The number of rotatable bonds is 1. The van der Waals surface area contributed by atoms with Gasteiger partial charge in [-0.05, 0) is 26.2 Å². The maximum Gasteiger partial charge on any atom is 0.273 e. The van der Waals surface area contributed by atoms with Crippen LogP contribution in [0.25, 0.3) is 0 Å². The first kappa shape index (κ1) is 9.65. The number of piperidine rings is 1. The third-order valence-electron chi connectivity index (χ3n) is 2.48. The van der Waals surface area contributed by atoms with Crippen molar-refractivity contribution in [3.05, 3.63) is 16.1 Å². The number of aromatic nitrogens is 1. The predicted molar refractivity (Wildman–Crippen MR) is 56.6 cm³/mol. The third kappa shape index (κ3) is 1.95. The van der Waals surface area contributed by atoms with Crippen LogP contribution in [-0.4, -0.2) is 28.9 Å². The Hall–Kier alpha value is -0.900. The Kier molecular flexibility index (Phi) is 2.82. The van der Waals surface area contributed by atoms with E-state index in [1.165, 1.54) is 17.8 Å². The lowest BCUT2D eigenvalue weighted by Gasteiger charge is -2.25. The molecule has 2 heterocycles. The van der Waals surface area contributed by atoms with Crippen LogP contribution < -0.4 is 0 Å². The normalized spacial score (nSPS) is 17.1. The summed E-state index contributed by atoms with van der Waals surface area (Å²) >= 11 is 1.54. The summed E-state index contributed by atoms with van der Waals surface area (Å²) in [5.41, 5.74) is 0.620. The molecular weight excluding hydrogens is 196 g/mol. The zero-order valence-corrected chi connectivity index (χ0v) is 9.14. The van der Waals surface area contributed by atoms with Crippen LogP contribution in [0.3, 0.4) is 0 Å². The molecule has 1 fully saturated rings. The van der Waals surface area contributed by atoms with Crippen molar-refractivity contribution in [3.8, 4) is 0 Å². The molecule has 0 unspecified atom stereocenters. The van der Waals surface area contributed by atoms with Crippen LogP contribution in [0.1, 0.15) is 34.8 Å². The van der Waals surface area contributed by atoms with Gasteiger partial charge in [-0.25, -0.2) is 4.98 Å². The van der Waals surface area contributed by atoms with Crippen molar-refractivity contribution in [2.45, 2.75) is 26.2 Å². The van der Waals surface area contributed by atoms with Gasteiger partial charge < -0.3 is 4.90 Å². The molecule has 0 N–H and O–H groups in total. The number of aryl methyl sites for hydroxylation is 1. The topological polar surface area (TPSA) is 33.2 Å². The number of carbonyl (C=O) groups excluding carboxylic acids is 1. The van der Waals surface area contributed by atoms with Crippen LogP contribution in [0.15, 0.2) is 5.38 Å². The van der Waals surface area contributed by atoms with E-state index in [0.29, 0.717) is 5.69 Å². The molecule has 0 saturated carbocycles. The molecule has 1 aliphatic heterocycles. The molecule has 0 spiro atoms. The van der Waals surface area contributed by atoms with Crippen LogP contribution in [0.4, 0.5) is 0 Å². The fourth-order valence-corrected chi connectivity index (χ4v) is 2.31. The van der Waals surface area contributed by atoms with Gasteiger partial charge in [0.1, 0.15) is 5.69 Å². The first-order valence-corrected chi connectivity index (χ1v) is 5.87. The van der Waals surface area contributed by atoms with Crippen molar-refractivity contribution in [2.75, 3.05) is 13.1 Å². The number of hydrogen-bond acceptors (Lipinski definition) is 3. The fraction of sp³-hybridized carbons (Fsp3) is 0.600. The van der Waals surface area contributed by atoms with Crippen molar-refractivity contribution in [2.24, 2.45) is 0 Å². The van der Waals surface area contributed by atoms with E-state index >= 15 is 0 Å². The molecule has 0 radical (unpaired) electrons. The molecule has 14 heavy (non-hydrogen) atoms. The van der Waals surface area contributed by atoms with E-state index in [1.54, 1.807) is 0 Å². The lowest BCUT2D eigenvalue weighted by atomic mass is 10.1. The summed E-state index contributed by atoms with van der Waals surface area (Å²) in [6, 6.07) is 0. The summed E-state index contributed by atoms with van der Waals surface area (Å²) in [4.78, 5) is 18.0. The second-order valence-electron chi connectivity index (χ2n) is 3.60. The molecule has 1 aromatic rings. The van der Waals surface area contributed by atoms with Gasteiger partial charge in [0.2, 0.25) is 0 Å². The van der Waals surface area contributed by atoms with Crippen LogP contribution in [0, 0.1) is 6.92 Å². The van der Waals surface area contributed by atoms with Gasteiger partial charge >= 0.3 is 0 Å². The average Bonchev–Trinajstić information content (AvgIpc) is 2.65. The molecule has 1 saturated heterocycles. The quantitative estimate of drug-likeness (QED) is 0.711. The lowest BCUT2D eigenvalue weighted by molar-refractivity contribution is 0.0719. The van der Waals surface area contributed by atoms with Gasteiger partial charge in [0, 0.05) is 18.5 Å². The van der Waals surface area contributed by atoms with E-state index in [1.807, 2.05) is 17.2 Å². The maximum atomic E-state index is 11.9. The zero-order chi connectivity index (χ0) is 9.97. The molecule has 3 nitrogen and oxygen atoms in total. The monoisotopic (exact) mass is 210 g/mol. The summed E-state index contributed by atoms with van der Waals surface area (Å²) in [5.74, 6) is 0.106. The SMILES string of the molecule is Cc1nc(C(=O)N2CCCCC2)cs1. The summed E-state index contributed by atoms with van der Waals surface area (Å²) in [6.45, 7) is 3.72. The predicted octanol–water partition coefficient (Wildman–Crippen LogP) is 2.08. The summed E-state index contributed by atoms with van der Waals surface area (Å²) in [6.07, 6.45) is 3.52. The van der Waals surface area contributed by atoms with Crippen molar-refractivity contribution >= 4 is 17.2 Å². The van der Waals surface area contributed by atoms with Gasteiger partial charge in [0.05, 0.1) is 5.01 Å². The Morgan fingerprint density at radius 2 is 2.14 bits per heavy atom. The van der Waals surface area contributed by atoms with E-state index in [2.05, 4.69) is 4.98 Å². The number of carbonyl (C=O) groups is 1. The Morgan fingerprint density at radius 1 is 1.43 bits per heavy atom. The average molecular weight is 210 g/mol. The summed E-state index contributed by atoms with van der Waals surface area (Å²) < 4.78 is 0. The molecule has 1 amide bonds. The van der Waals surface area contributed by atoms with E-state index < -0.39 is 0 Å². The highest BCUT2D eigenvalue weighted by Gasteiger charge is 2.19. The minimum atomic E-state index is 0.106. The summed E-state index contributed by atoms with van der Waals surface area (Å²) in [7, 11) is 0. The van der Waals surface area contributed by atoms with Crippen LogP contribution in [0.5, 0.6) is 0 Å². The van der Waals surface area contributed by atoms with Crippen LogP contribution >= 0.6 is 11.3 Å². The van der Waals surface area contributed by atoms with Crippen molar-refractivity contribution in [3.63, 3.8) is 0 Å². The number of likely N-dealkylation sites (tertiary alicyclic amines) is 1. The van der Waals surface area contributed by atoms with E-state index in [-0.39, 0.29) is 5.91 Å². The minimum absolute atomic E-state index is 0.106. The number of thiazole rings is 1. The largest absolute Gasteiger partial charge is 0.337 e. The Labute approximate surface area is 87.8 Å². The fourth-order valence-electron chi connectivity index (χ4n) is 1.72. The molecule has 1 aromatic heterocycles. The van der Waals surface area contributed by atoms with Crippen molar-refractivity contribution < 1.29 is 4.79 Å². The molecule has 2 rings (SSSR count). The number of nitrogens with zero attached hydrogens (tertiary/aromatic N) is 2. The number of amides is 1.